The summed E-state index contributed by atoms with van der Waals surface area (Å²) in [5.41, 5.74) is 6.01. The molecule has 2 N–H and O–H groups in total. The molecule has 1 atom stereocenters. The Hall–Kier alpha value is -2.45. The molecule has 0 aliphatic rings. The minimum absolute atomic E-state index is 0.000372. The fourth-order valence-corrected chi connectivity index (χ4v) is 1.79. The van der Waals surface area contributed by atoms with Crippen LogP contribution in [0.15, 0.2) is 42.5 Å². The Bertz CT molecular complexity index is 653. The molecule has 0 spiro atoms. The maximum Gasteiger partial charge on any atom is 0.166 e. The summed E-state index contributed by atoms with van der Waals surface area (Å²) in [6.07, 6.45) is -0.793. The molecular weight excluding hydrogens is 262 g/mol. The van der Waals surface area contributed by atoms with Crippen LogP contribution in [0.2, 0.25) is 0 Å². The van der Waals surface area contributed by atoms with Crippen LogP contribution >= 0.6 is 0 Å². The molecule has 0 saturated carbocycles. The van der Waals surface area contributed by atoms with Crippen molar-refractivity contribution in [2.45, 2.75) is 6.10 Å². The summed E-state index contributed by atoms with van der Waals surface area (Å²) in [6, 6.07) is 11.7. The van der Waals surface area contributed by atoms with E-state index in [1.54, 1.807) is 12.1 Å². The quantitative estimate of drug-likeness (QED) is 0.932. The van der Waals surface area contributed by atoms with Crippen LogP contribution in [0.4, 0.5) is 8.78 Å². The summed E-state index contributed by atoms with van der Waals surface area (Å²) in [7, 11) is 0. The third-order valence-electron chi connectivity index (χ3n) is 2.80. The Morgan fingerprint density at radius 2 is 1.90 bits per heavy atom. The van der Waals surface area contributed by atoms with Gasteiger partial charge >= 0.3 is 0 Å². The highest BCUT2D eigenvalue weighted by atomic mass is 19.1. The molecule has 0 radical (unpaired) electrons. The highest BCUT2D eigenvalue weighted by Crippen LogP contribution is 2.26. The Morgan fingerprint density at radius 3 is 2.50 bits per heavy atom. The van der Waals surface area contributed by atoms with Gasteiger partial charge in [0.05, 0.1) is 11.6 Å². The molecule has 2 aromatic rings. The van der Waals surface area contributed by atoms with Crippen LogP contribution in [0.1, 0.15) is 17.2 Å². The molecule has 2 aromatic carbocycles. The van der Waals surface area contributed by atoms with E-state index >= 15 is 0 Å². The topological polar surface area (TPSA) is 59.0 Å². The largest absolute Gasteiger partial charge is 0.481 e. The van der Waals surface area contributed by atoms with Crippen molar-refractivity contribution >= 4 is 0 Å². The summed E-state index contributed by atoms with van der Waals surface area (Å²) in [6.45, 7) is 0.000372. The number of nitrogens with zero attached hydrogens (tertiary/aromatic N) is 1. The van der Waals surface area contributed by atoms with Gasteiger partial charge in [0.2, 0.25) is 0 Å². The fourth-order valence-electron chi connectivity index (χ4n) is 1.79. The van der Waals surface area contributed by atoms with E-state index in [2.05, 4.69) is 0 Å². The first kappa shape index (κ1) is 14.0. The second-order valence-corrected chi connectivity index (χ2v) is 4.12. The van der Waals surface area contributed by atoms with E-state index in [1.807, 2.05) is 6.07 Å². The van der Waals surface area contributed by atoms with Gasteiger partial charge in [-0.25, -0.2) is 8.78 Å². The molecule has 0 bridgehead atoms. The minimum Gasteiger partial charge on any atom is -0.481 e. The Balaban J connectivity index is 2.28. The van der Waals surface area contributed by atoms with Crippen molar-refractivity contribution in [3.63, 3.8) is 0 Å². The average molecular weight is 274 g/mol. The summed E-state index contributed by atoms with van der Waals surface area (Å²) in [5.74, 6) is -1.21. The van der Waals surface area contributed by atoms with E-state index in [0.29, 0.717) is 0 Å². The molecule has 0 aliphatic heterocycles. The standard InChI is InChI=1S/C15H12F2N2O/c16-12-4-2-1-3-11(12)15(9-19)20-14-6-5-10(8-18)7-13(14)17/h1-7,15H,9,19H2. The zero-order valence-electron chi connectivity index (χ0n) is 10.5. The average Bonchev–Trinajstić information content (AvgIpc) is 2.47. The smallest absolute Gasteiger partial charge is 0.166 e. The lowest BCUT2D eigenvalue weighted by molar-refractivity contribution is 0.199. The highest BCUT2D eigenvalue weighted by Gasteiger charge is 2.17. The second kappa shape index (κ2) is 6.13. The predicted molar refractivity (Wildman–Crippen MR) is 69.9 cm³/mol. The van der Waals surface area contributed by atoms with Crippen LogP contribution in [0.25, 0.3) is 0 Å². The van der Waals surface area contributed by atoms with Crippen molar-refractivity contribution in [3.8, 4) is 11.8 Å². The van der Waals surface area contributed by atoms with Gasteiger partial charge in [-0.05, 0) is 24.3 Å². The van der Waals surface area contributed by atoms with E-state index in [9.17, 15) is 8.78 Å². The molecule has 0 amide bonds. The lowest BCUT2D eigenvalue weighted by Crippen LogP contribution is -2.20. The van der Waals surface area contributed by atoms with Gasteiger partial charge in [0.15, 0.2) is 11.6 Å². The Labute approximate surface area is 115 Å². The molecule has 0 aromatic heterocycles. The minimum atomic E-state index is -0.793. The summed E-state index contributed by atoms with van der Waals surface area (Å²) < 4.78 is 32.8. The molecular formula is C15H12F2N2O. The maximum absolute atomic E-state index is 13.7. The van der Waals surface area contributed by atoms with Crippen LogP contribution in [-0.2, 0) is 0 Å². The lowest BCUT2D eigenvalue weighted by atomic mass is 10.1. The molecule has 0 saturated heterocycles. The van der Waals surface area contributed by atoms with Gasteiger partial charge in [0.1, 0.15) is 11.9 Å². The predicted octanol–water partition coefficient (Wildman–Crippen LogP) is 2.92. The molecule has 0 aliphatic carbocycles. The molecule has 102 valence electrons. The molecule has 5 heteroatoms. The third-order valence-corrected chi connectivity index (χ3v) is 2.80. The Kier molecular flexibility index (Phi) is 4.28. The zero-order chi connectivity index (χ0) is 14.5. The Morgan fingerprint density at radius 1 is 1.15 bits per heavy atom. The monoisotopic (exact) mass is 274 g/mol. The van der Waals surface area contributed by atoms with Crippen molar-refractivity contribution in [1.29, 1.82) is 5.26 Å². The molecule has 0 heterocycles. The third kappa shape index (κ3) is 2.92. The molecule has 3 nitrogen and oxygen atoms in total. The number of hydrogen-bond donors (Lipinski definition) is 1. The van der Waals surface area contributed by atoms with Gasteiger partial charge in [0, 0.05) is 12.1 Å². The van der Waals surface area contributed by atoms with Gasteiger partial charge in [-0.3, -0.25) is 0 Å². The molecule has 2 rings (SSSR count). The van der Waals surface area contributed by atoms with Crippen LogP contribution < -0.4 is 10.5 Å². The van der Waals surface area contributed by atoms with Crippen molar-refractivity contribution in [2.24, 2.45) is 5.73 Å². The number of rotatable bonds is 4. The van der Waals surface area contributed by atoms with E-state index in [0.717, 1.165) is 6.07 Å². The lowest BCUT2D eigenvalue weighted by Gasteiger charge is -2.18. The molecule has 0 fully saturated rings. The van der Waals surface area contributed by atoms with Crippen molar-refractivity contribution in [2.75, 3.05) is 6.54 Å². The number of halogens is 2. The first-order valence-corrected chi connectivity index (χ1v) is 5.96. The van der Waals surface area contributed by atoms with Gasteiger partial charge in [0.25, 0.3) is 0 Å². The van der Waals surface area contributed by atoms with Crippen LogP contribution in [0.5, 0.6) is 5.75 Å². The zero-order valence-corrected chi connectivity index (χ0v) is 10.5. The van der Waals surface area contributed by atoms with Gasteiger partial charge in [-0.15, -0.1) is 0 Å². The van der Waals surface area contributed by atoms with E-state index in [-0.39, 0.29) is 23.4 Å². The summed E-state index contributed by atoms with van der Waals surface area (Å²) >= 11 is 0. The van der Waals surface area contributed by atoms with Crippen molar-refractivity contribution in [1.82, 2.24) is 0 Å². The van der Waals surface area contributed by atoms with E-state index < -0.39 is 17.7 Å². The summed E-state index contributed by atoms with van der Waals surface area (Å²) in [5, 5.41) is 8.67. The molecule has 20 heavy (non-hydrogen) atoms. The fraction of sp³-hybridized carbons (Fsp3) is 0.133. The number of nitrogens with two attached hydrogens (primary N) is 1. The van der Waals surface area contributed by atoms with Crippen molar-refractivity contribution < 1.29 is 13.5 Å². The second-order valence-electron chi connectivity index (χ2n) is 4.12. The number of ether oxygens (including phenoxy) is 1. The molecule has 1 unspecified atom stereocenters. The normalized spacial score (nSPS) is 11.7. The van der Waals surface area contributed by atoms with E-state index in [4.69, 9.17) is 15.7 Å². The van der Waals surface area contributed by atoms with Crippen LogP contribution in [0.3, 0.4) is 0 Å². The van der Waals surface area contributed by atoms with E-state index in [1.165, 1.54) is 24.3 Å². The van der Waals surface area contributed by atoms with Crippen LogP contribution in [-0.4, -0.2) is 6.54 Å². The van der Waals surface area contributed by atoms with Gasteiger partial charge in [-0.2, -0.15) is 5.26 Å². The number of nitriles is 1. The van der Waals surface area contributed by atoms with Gasteiger partial charge in [-0.1, -0.05) is 18.2 Å². The summed E-state index contributed by atoms with van der Waals surface area (Å²) in [4.78, 5) is 0. The number of benzene rings is 2. The first-order valence-electron chi connectivity index (χ1n) is 5.96. The van der Waals surface area contributed by atoms with Gasteiger partial charge < -0.3 is 10.5 Å². The highest BCUT2D eigenvalue weighted by molar-refractivity contribution is 5.36. The SMILES string of the molecule is N#Cc1ccc(OC(CN)c2ccccc2F)c(F)c1. The number of hydrogen-bond acceptors (Lipinski definition) is 3. The first-order chi connectivity index (χ1) is 9.65. The maximum atomic E-state index is 13.7. The van der Waals surface area contributed by atoms with Crippen LogP contribution in [0, 0.1) is 23.0 Å². The van der Waals surface area contributed by atoms with Crippen molar-refractivity contribution in [3.05, 3.63) is 65.2 Å².